The number of rotatable bonds is 7. The summed E-state index contributed by atoms with van der Waals surface area (Å²) < 4.78 is 10.1. The van der Waals surface area contributed by atoms with Crippen LogP contribution in [0.1, 0.15) is 34.1 Å². The van der Waals surface area contributed by atoms with Crippen LogP contribution in [0.15, 0.2) is 18.2 Å². The topological polar surface area (TPSA) is 131 Å². The molecule has 0 spiro atoms. The molecule has 1 aliphatic rings. The number of anilines is 2. The summed E-state index contributed by atoms with van der Waals surface area (Å²) in [7, 11) is 0. The fourth-order valence-corrected chi connectivity index (χ4v) is 2.93. The van der Waals surface area contributed by atoms with Crippen molar-refractivity contribution in [3.05, 3.63) is 28.3 Å². The molecule has 0 aliphatic carbocycles. The molecule has 1 aromatic carbocycles. The highest BCUT2D eigenvalue weighted by atomic mass is 16.6. The molecule has 0 atom stereocenters. The Morgan fingerprint density at radius 1 is 1.26 bits per heavy atom. The Kier molecular flexibility index (Phi) is 7.78. The minimum absolute atomic E-state index is 0.168. The average Bonchev–Trinajstić information content (AvgIpc) is 2.66. The number of carbonyl (C=O) groups is 3. The van der Waals surface area contributed by atoms with Crippen LogP contribution in [0.3, 0.4) is 0 Å². The van der Waals surface area contributed by atoms with Crippen LogP contribution in [0, 0.1) is 10.1 Å². The summed E-state index contributed by atoms with van der Waals surface area (Å²) in [6, 6.07) is 4.48. The van der Waals surface area contributed by atoms with Crippen molar-refractivity contribution in [3.8, 4) is 0 Å². The van der Waals surface area contributed by atoms with Gasteiger partial charge in [0.15, 0.2) is 0 Å². The van der Waals surface area contributed by atoms with Gasteiger partial charge in [0.2, 0.25) is 5.91 Å². The van der Waals surface area contributed by atoms with Gasteiger partial charge in [-0.1, -0.05) is 0 Å². The Labute approximate surface area is 180 Å². The first-order chi connectivity index (χ1) is 14.5. The second-order valence-corrected chi connectivity index (χ2v) is 8.03. The Morgan fingerprint density at radius 2 is 1.97 bits per heavy atom. The number of benzene rings is 1. The van der Waals surface area contributed by atoms with E-state index in [4.69, 9.17) is 9.47 Å². The average molecular weight is 436 g/mol. The number of hydrogen-bond donors (Lipinski definition) is 1. The lowest BCUT2D eigenvalue weighted by Crippen LogP contribution is -2.53. The summed E-state index contributed by atoms with van der Waals surface area (Å²) >= 11 is 0. The standard InChI is InChI=1S/C20H28N4O7/c1-14(25)30-11-5-8-21-16-7-6-15(12-17(16)24(28)29)23-10-9-22(13-18(23)26)19(27)31-20(2,3)4/h6-7,12,21H,5,8-11,13H2,1-4H3. The Hall–Kier alpha value is -3.37. The molecule has 1 heterocycles. The van der Waals surface area contributed by atoms with Gasteiger partial charge < -0.3 is 19.7 Å². The van der Waals surface area contributed by atoms with Gasteiger partial charge in [-0.3, -0.25) is 24.6 Å². The van der Waals surface area contributed by atoms with Gasteiger partial charge >= 0.3 is 12.1 Å². The SMILES string of the molecule is CC(=O)OCCCNc1ccc(N2CCN(C(=O)OC(C)(C)C)CC2=O)cc1[N+](=O)[O-]. The maximum atomic E-state index is 12.6. The van der Waals surface area contributed by atoms with E-state index in [1.807, 2.05) is 0 Å². The number of carbonyl (C=O) groups excluding carboxylic acids is 3. The third-order valence-corrected chi connectivity index (χ3v) is 4.30. The maximum Gasteiger partial charge on any atom is 0.410 e. The lowest BCUT2D eigenvalue weighted by molar-refractivity contribution is -0.383. The van der Waals surface area contributed by atoms with E-state index >= 15 is 0 Å². The van der Waals surface area contributed by atoms with Crippen LogP contribution in [-0.2, 0) is 19.1 Å². The second-order valence-electron chi connectivity index (χ2n) is 8.03. The van der Waals surface area contributed by atoms with Crippen LogP contribution in [0.5, 0.6) is 0 Å². The molecule has 2 amide bonds. The molecule has 11 nitrogen and oxygen atoms in total. The Balaban J connectivity index is 2.04. The predicted molar refractivity (Wildman–Crippen MR) is 113 cm³/mol. The van der Waals surface area contributed by atoms with Crippen molar-refractivity contribution < 1.29 is 28.8 Å². The Bertz CT molecular complexity index is 850. The van der Waals surface area contributed by atoms with E-state index in [9.17, 15) is 24.5 Å². The summed E-state index contributed by atoms with van der Waals surface area (Å²) in [6.45, 7) is 7.42. The summed E-state index contributed by atoms with van der Waals surface area (Å²) in [4.78, 5) is 49.3. The molecule has 11 heteroatoms. The third kappa shape index (κ3) is 7.12. The molecule has 170 valence electrons. The zero-order valence-corrected chi connectivity index (χ0v) is 18.2. The smallest absolute Gasteiger partial charge is 0.410 e. The number of nitro groups is 1. The van der Waals surface area contributed by atoms with Crippen LogP contribution in [0.25, 0.3) is 0 Å². The van der Waals surface area contributed by atoms with Gasteiger partial charge in [-0.25, -0.2) is 4.79 Å². The molecular weight excluding hydrogens is 408 g/mol. The highest BCUT2D eigenvalue weighted by Crippen LogP contribution is 2.30. The van der Waals surface area contributed by atoms with E-state index in [-0.39, 0.29) is 43.8 Å². The minimum atomic E-state index is -0.668. The van der Waals surface area contributed by atoms with E-state index in [1.165, 1.54) is 28.9 Å². The van der Waals surface area contributed by atoms with Crippen molar-refractivity contribution in [1.82, 2.24) is 4.90 Å². The van der Waals surface area contributed by atoms with Crippen molar-refractivity contribution in [2.75, 3.05) is 43.0 Å². The maximum absolute atomic E-state index is 12.6. The van der Waals surface area contributed by atoms with E-state index in [2.05, 4.69) is 5.32 Å². The van der Waals surface area contributed by atoms with E-state index in [1.54, 1.807) is 26.8 Å². The number of nitro benzene ring substituents is 1. The van der Waals surface area contributed by atoms with Crippen LogP contribution >= 0.6 is 0 Å². The van der Waals surface area contributed by atoms with Crippen molar-refractivity contribution >= 4 is 35.0 Å². The van der Waals surface area contributed by atoms with Gasteiger partial charge in [-0.2, -0.15) is 0 Å². The van der Waals surface area contributed by atoms with Gasteiger partial charge in [-0.05, 0) is 39.3 Å². The second kappa shape index (κ2) is 10.1. The quantitative estimate of drug-likeness (QED) is 0.299. The largest absolute Gasteiger partial charge is 0.466 e. The number of ether oxygens (including phenoxy) is 2. The monoisotopic (exact) mass is 436 g/mol. The fourth-order valence-electron chi connectivity index (χ4n) is 2.93. The molecule has 0 saturated carbocycles. The number of piperazine rings is 1. The van der Waals surface area contributed by atoms with Crippen molar-refractivity contribution in [2.45, 2.75) is 39.7 Å². The van der Waals surface area contributed by atoms with Crippen LogP contribution < -0.4 is 10.2 Å². The van der Waals surface area contributed by atoms with Gasteiger partial charge in [0.1, 0.15) is 17.8 Å². The zero-order chi connectivity index (χ0) is 23.2. The molecule has 0 unspecified atom stereocenters. The molecule has 0 radical (unpaired) electrons. The zero-order valence-electron chi connectivity index (χ0n) is 18.2. The molecule has 2 rings (SSSR count). The fraction of sp³-hybridized carbons (Fsp3) is 0.550. The summed E-state index contributed by atoms with van der Waals surface area (Å²) in [5.41, 5.74) is -0.159. The highest BCUT2D eigenvalue weighted by Gasteiger charge is 2.31. The highest BCUT2D eigenvalue weighted by molar-refractivity contribution is 5.98. The van der Waals surface area contributed by atoms with Gasteiger partial charge in [0.05, 0.1) is 17.2 Å². The summed E-state index contributed by atoms with van der Waals surface area (Å²) in [5, 5.41) is 14.5. The first-order valence-corrected chi connectivity index (χ1v) is 9.92. The molecule has 31 heavy (non-hydrogen) atoms. The number of hydrogen-bond acceptors (Lipinski definition) is 8. The third-order valence-electron chi connectivity index (χ3n) is 4.30. The van der Waals surface area contributed by atoms with Crippen LogP contribution in [0.2, 0.25) is 0 Å². The lowest BCUT2D eigenvalue weighted by Gasteiger charge is -2.35. The molecule has 1 aromatic rings. The number of amides is 2. The summed E-state index contributed by atoms with van der Waals surface area (Å²) in [5.74, 6) is -0.736. The van der Waals surface area contributed by atoms with Gasteiger partial charge in [0, 0.05) is 32.6 Å². The molecule has 0 bridgehead atoms. The van der Waals surface area contributed by atoms with Crippen molar-refractivity contribution in [2.24, 2.45) is 0 Å². The van der Waals surface area contributed by atoms with Crippen LogP contribution in [0.4, 0.5) is 21.9 Å². The molecule has 1 saturated heterocycles. The van der Waals surface area contributed by atoms with E-state index in [0.29, 0.717) is 24.3 Å². The first kappa shape index (κ1) is 23.9. The molecule has 1 aliphatic heterocycles. The molecular formula is C20H28N4O7. The molecule has 0 aromatic heterocycles. The predicted octanol–water partition coefficient (Wildman–Crippen LogP) is 2.54. The molecule has 1 N–H and O–H groups in total. The van der Waals surface area contributed by atoms with Gasteiger partial charge in [0.25, 0.3) is 5.69 Å². The minimum Gasteiger partial charge on any atom is -0.466 e. The molecule has 1 fully saturated rings. The lowest BCUT2D eigenvalue weighted by atomic mass is 10.2. The normalized spacial score (nSPS) is 14.3. The number of esters is 1. The number of nitrogens with one attached hydrogen (secondary N) is 1. The van der Waals surface area contributed by atoms with E-state index in [0.717, 1.165) is 0 Å². The Morgan fingerprint density at radius 3 is 2.55 bits per heavy atom. The number of nitrogens with zero attached hydrogens (tertiary/aromatic N) is 3. The van der Waals surface area contributed by atoms with Gasteiger partial charge in [-0.15, -0.1) is 0 Å². The van der Waals surface area contributed by atoms with Crippen molar-refractivity contribution in [3.63, 3.8) is 0 Å². The van der Waals surface area contributed by atoms with Crippen molar-refractivity contribution in [1.29, 1.82) is 0 Å². The first-order valence-electron chi connectivity index (χ1n) is 9.92. The summed E-state index contributed by atoms with van der Waals surface area (Å²) in [6.07, 6.45) is -0.0800. The van der Waals surface area contributed by atoms with E-state index < -0.39 is 16.6 Å². The van der Waals surface area contributed by atoms with Crippen LogP contribution in [-0.4, -0.2) is 66.2 Å².